The van der Waals surface area contributed by atoms with Gasteiger partial charge >= 0.3 is 0 Å². The molecule has 0 saturated heterocycles. The molecule has 1 aromatic rings. The van der Waals surface area contributed by atoms with Crippen LogP contribution in [0.25, 0.3) is 0 Å². The molecule has 1 heterocycles. The smallest absolute Gasteiger partial charge is 0.224 e. The molecule has 0 bridgehead atoms. The Balaban J connectivity index is 0.00000180. The first kappa shape index (κ1) is 16.3. The van der Waals surface area contributed by atoms with Gasteiger partial charge in [0.25, 0.3) is 0 Å². The van der Waals surface area contributed by atoms with Crippen LogP contribution in [0.1, 0.15) is 24.9 Å². The molecule has 0 saturated carbocycles. The fourth-order valence-corrected chi connectivity index (χ4v) is 3.04. The minimum absolute atomic E-state index is 0. The number of hydrogen-bond acceptors (Lipinski definition) is 3. The van der Waals surface area contributed by atoms with E-state index in [0.717, 1.165) is 22.6 Å². The van der Waals surface area contributed by atoms with Crippen LogP contribution in [0, 0.1) is 11.7 Å². The predicted octanol–water partition coefficient (Wildman–Crippen LogP) is 2.50. The molecule has 2 unspecified atom stereocenters. The van der Waals surface area contributed by atoms with E-state index in [-0.39, 0.29) is 36.1 Å². The third kappa shape index (κ3) is 3.84. The number of halogens is 2. The van der Waals surface area contributed by atoms with E-state index in [1.54, 1.807) is 24.8 Å². The van der Waals surface area contributed by atoms with E-state index in [1.807, 2.05) is 0 Å². The maximum absolute atomic E-state index is 13.3. The number of thioether (sulfide) groups is 1. The van der Waals surface area contributed by atoms with Crippen LogP contribution in [0.15, 0.2) is 23.1 Å². The summed E-state index contributed by atoms with van der Waals surface area (Å²) in [5.41, 5.74) is 6.35. The topological polar surface area (TPSA) is 55.1 Å². The molecule has 1 amide bonds. The third-order valence-corrected chi connectivity index (χ3v) is 4.25. The van der Waals surface area contributed by atoms with Crippen molar-refractivity contribution < 1.29 is 9.18 Å². The second-order valence-electron chi connectivity index (χ2n) is 4.52. The van der Waals surface area contributed by atoms with E-state index in [2.05, 4.69) is 5.32 Å². The molecule has 1 aliphatic rings. The van der Waals surface area contributed by atoms with Crippen molar-refractivity contribution in [3.8, 4) is 0 Å². The van der Waals surface area contributed by atoms with E-state index in [1.165, 1.54) is 12.1 Å². The highest BCUT2D eigenvalue weighted by Crippen LogP contribution is 2.36. The highest BCUT2D eigenvalue weighted by Gasteiger charge is 2.24. The summed E-state index contributed by atoms with van der Waals surface area (Å²) in [7, 11) is 0. The predicted molar refractivity (Wildman–Crippen MR) is 78.1 cm³/mol. The monoisotopic (exact) mass is 304 g/mol. The molecule has 2 atom stereocenters. The van der Waals surface area contributed by atoms with Crippen LogP contribution < -0.4 is 11.1 Å². The van der Waals surface area contributed by atoms with Crippen LogP contribution in [0.3, 0.4) is 0 Å². The molecule has 3 nitrogen and oxygen atoms in total. The number of rotatable bonds is 3. The zero-order valence-electron chi connectivity index (χ0n) is 10.7. The standard InChI is InChI=1S/C13H17FN2OS.ClH/c1-8(7-15)13(17)16-11-4-5-18-12-3-2-9(14)6-10(11)12;/h2-3,6,8,11H,4-5,7,15H2,1H3,(H,16,17);1H. The zero-order valence-corrected chi connectivity index (χ0v) is 12.3. The number of nitrogens with one attached hydrogen (secondary N) is 1. The Morgan fingerprint density at radius 2 is 2.37 bits per heavy atom. The molecular weight excluding hydrogens is 287 g/mol. The lowest BCUT2D eigenvalue weighted by Crippen LogP contribution is -2.37. The number of fused-ring (bicyclic) bond motifs is 1. The number of benzene rings is 1. The van der Waals surface area contributed by atoms with Crippen molar-refractivity contribution in [1.29, 1.82) is 0 Å². The van der Waals surface area contributed by atoms with Crippen molar-refractivity contribution >= 4 is 30.1 Å². The molecule has 0 fully saturated rings. The number of amides is 1. The molecule has 106 valence electrons. The first-order valence-corrected chi connectivity index (χ1v) is 7.03. The average molecular weight is 305 g/mol. The Bertz CT molecular complexity index is 458. The molecule has 19 heavy (non-hydrogen) atoms. The van der Waals surface area contributed by atoms with E-state index < -0.39 is 0 Å². The van der Waals surface area contributed by atoms with Crippen molar-refractivity contribution in [2.24, 2.45) is 11.7 Å². The second kappa shape index (κ2) is 7.12. The van der Waals surface area contributed by atoms with Crippen molar-refractivity contribution in [1.82, 2.24) is 5.32 Å². The summed E-state index contributed by atoms with van der Waals surface area (Å²) >= 11 is 1.70. The van der Waals surface area contributed by atoms with Gasteiger partial charge in [-0.05, 0) is 30.2 Å². The molecule has 0 spiro atoms. The quantitative estimate of drug-likeness (QED) is 0.902. The summed E-state index contributed by atoms with van der Waals surface area (Å²) in [6.07, 6.45) is 0.824. The number of carbonyl (C=O) groups is 1. The van der Waals surface area contributed by atoms with E-state index in [9.17, 15) is 9.18 Å². The van der Waals surface area contributed by atoms with Gasteiger partial charge in [0.05, 0.1) is 6.04 Å². The first-order chi connectivity index (χ1) is 8.61. The van der Waals surface area contributed by atoms with Crippen LogP contribution in [0.5, 0.6) is 0 Å². The summed E-state index contributed by atoms with van der Waals surface area (Å²) in [6, 6.07) is 4.65. The molecular formula is C13H18ClFN2OS. The molecule has 1 aliphatic heterocycles. The summed E-state index contributed by atoms with van der Waals surface area (Å²) in [5, 5.41) is 2.95. The van der Waals surface area contributed by atoms with Crippen LogP contribution in [-0.4, -0.2) is 18.2 Å². The summed E-state index contributed by atoms with van der Waals surface area (Å²) < 4.78 is 13.3. The summed E-state index contributed by atoms with van der Waals surface area (Å²) in [4.78, 5) is 12.9. The van der Waals surface area contributed by atoms with Gasteiger partial charge < -0.3 is 11.1 Å². The van der Waals surface area contributed by atoms with Crippen molar-refractivity contribution in [2.45, 2.75) is 24.3 Å². The van der Waals surface area contributed by atoms with E-state index in [0.29, 0.717) is 6.54 Å². The molecule has 6 heteroatoms. The highest BCUT2D eigenvalue weighted by atomic mass is 35.5. The van der Waals surface area contributed by atoms with Gasteiger partial charge in [0.15, 0.2) is 0 Å². The van der Waals surface area contributed by atoms with Crippen molar-refractivity contribution in [3.63, 3.8) is 0 Å². The Hall–Kier alpha value is -0.780. The Morgan fingerprint density at radius 3 is 3.05 bits per heavy atom. The molecule has 1 aromatic carbocycles. The Morgan fingerprint density at radius 1 is 1.63 bits per heavy atom. The van der Waals surface area contributed by atoms with E-state index >= 15 is 0 Å². The van der Waals surface area contributed by atoms with Gasteiger partial charge in [-0.15, -0.1) is 24.2 Å². The fourth-order valence-electron chi connectivity index (χ4n) is 1.94. The lowest BCUT2D eigenvalue weighted by molar-refractivity contribution is -0.125. The molecule has 0 radical (unpaired) electrons. The van der Waals surface area contributed by atoms with Crippen molar-refractivity contribution in [2.75, 3.05) is 12.3 Å². The molecule has 0 aliphatic carbocycles. The van der Waals surface area contributed by atoms with Crippen LogP contribution in [0.2, 0.25) is 0 Å². The van der Waals surface area contributed by atoms with Crippen LogP contribution in [-0.2, 0) is 4.79 Å². The van der Waals surface area contributed by atoms with Gasteiger partial charge in [0.1, 0.15) is 5.82 Å². The normalized spacial score (nSPS) is 19.0. The van der Waals surface area contributed by atoms with Gasteiger partial charge in [-0.2, -0.15) is 0 Å². The third-order valence-electron chi connectivity index (χ3n) is 3.13. The van der Waals surface area contributed by atoms with Gasteiger partial charge in [-0.3, -0.25) is 4.79 Å². The minimum atomic E-state index is -0.262. The maximum Gasteiger partial charge on any atom is 0.224 e. The zero-order chi connectivity index (χ0) is 13.1. The Kier molecular flexibility index (Phi) is 6.10. The Labute approximate surface area is 122 Å². The van der Waals surface area contributed by atoms with Crippen molar-refractivity contribution in [3.05, 3.63) is 29.6 Å². The number of nitrogens with two attached hydrogens (primary N) is 1. The summed E-state index contributed by atoms with van der Waals surface area (Å²) in [5.74, 6) is 0.393. The van der Waals surface area contributed by atoms with Gasteiger partial charge in [-0.1, -0.05) is 6.92 Å². The maximum atomic E-state index is 13.3. The SMILES string of the molecule is CC(CN)C(=O)NC1CCSc2ccc(F)cc21.Cl. The average Bonchev–Trinajstić information content (AvgIpc) is 2.38. The van der Waals surface area contributed by atoms with Gasteiger partial charge in [0, 0.05) is 23.1 Å². The molecule has 0 aromatic heterocycles. The van der Waals surface area contributed by atoms with E-state index in [4.69, 9.17) is 5.73 Å². The molecule has 2 rings (SSSR count). The fraction of sp³-hybridized carbons (Fsp3) is 0.462. The largest absolute Gasteiger partial charge is 0.349 e. The summed E-state index contributed by atoms with van der Waals surface area (Å²) in [6.45, 7) is 2.11. The highest BCUT2D eigenvalue weighted by molar-refractivity contribution is 7.99. The van der Waals surface area contributed by atoms with Gasteiger partial charge in [0.2, 0.25) is 5.91 Å². The minimum Gasteiger partial charge on any atom is -0.349 e. The first-order valence-electron chi connectivity index (χ1n) is 6.04. The second-order valence-corrected chi connectivity index (χ2v) is 5.65. The number of carbonyl (C=O) groups excluding carboxylic acids is 1. The number of hydrogen-bond donors (Lipinski definition) is 2. The van der Waals surface area contributed by atoms with Crippen LogP contribution in [0.4, 0.5) is 4.39 Å². The van der Waals surface area contributed by atoms with Crippen LogP contribution >= 0.6 is 24.2 Å². The van der Waals surface area contributed by atoms with Gasteiger partial charge in [-0.25, -0.2) is 4.39 Å². The lowest BCUT2D eigenvalue weighted by Gasteiger charge is -2.27. The molecule has 3 N–H and O–H groups in total. The lowest BCUT2D eigenvalue weighted by atomic mass is 10.0.